The lowest BCUT2D eigenvalue weighted by atomic mass is 9.96. The van der Waals surface area contributed by atoms with Crippen molar-refractivity contribution in [1.82, 2.24) is 5.32 Å². The molecule has 1 aromatic carbocycles. The smallest absolute Gasteiger partial charge is 0.265 e. The summed E-state index contributed by atoms with van der Waals surface area (Å²) in [4.78, 5) is 12.9. The zero-order valence-electron chi connectivity index (χ0n) is 12.7. The highest BCUT2D eigenvalue weighted by atomic mass is 32.1. The average molecular weight is 317 g/mol. The number of hydrogen-bond donors (Lipinski definition) is 1. The van der Waals surface area contributed by atoms with Crippen molar-refractivity contribution in [1.29, 1.82) is 0 Å². The van der Waals surface area contributed by atoms with E-state index in [2.05, 4.69) is 17.4 Å². The number of amides is 1. The maximum absolute atomic E-state index is 12.3. The third kappa shape index (κ3) is 2.81. The van der Waals surface area contributed by atoms with Crippen LogP contribution in [0.15, 0.2) is 35.7 Å². The van der Waals surface area contributed by atoms with Gasteiger partial charge in [0.15, 0.2) is 0 Å². The van der Waals surface area contributed by atoms with E-state index in [1.807, 2.05) is 23.6 Å². The molecule has 0 atom stereocenters. The zero-order valence-corrected chi connectivity index (χ0v) is 13.5. The predicted octanol–water partition coefficient (Wildman–Crippen LogP) is 3.23. The molecule has 5 heteroatoms. The molecule has 0 radical (unpaired) electrons. The van der Waals surface area contributed by atoms with Crippen LogP contribution in [-0.2, 0) is 5.41 Å². The van der Waals surface area contributed by atoms with E-state index < -0.39 is 0 Å². The highest BCUT2D eigenvalue weighted by Gasteiger charge is 2.44. The third-order valence-electron chi connectivity index (χ3n) is 4.20. The number of ether oxygens (including phenoxy) is 2. The Kier molecular flexibility index (Phi) is 4.07. The van der Waals surface area contributed by atoms with E-state index in [1.54, 1.807) is 14.2 Å². The molecular formula is C17H19NO3S. The molecule has 1 amide bonds. The fourth-order valence-corrected chi connectivity index (χ4v) is 3.39. The Morgan fingerprint density at radius 3 is 2.50 bits per heavy atom. The SMILES string of the molecule is COc1ccc(C2(CNC(=O)c3sccc3OC)CC2)cc1. The van der Waals surface area contributed by atoms with Gasteiger partial charge in [0.25, 0.3) is 5.91 Å². The van der Waals surface area contributed by atoms with E-state index in [0.717, 1.165) is 18.6 Å². The topological polar surface area (TPSA) is 47.6 Å². The minimum Gasteiger partial charge on any atom is -0.497 e. The van der Waals surface area contributed by atoms with Gasteiger partial charge in [-0.05, 0) is 42.0 Å². The van der Waals surface area contributed by atoms with Gasteiger partial charge < -0.3 is 14.8 Å². The number of thiophene rings is 1. The minimum absolute atomic E-state index is 0.0633. The Morgan fingerprint density at radius 1 is 1.18 bits per heavy atom. The summed E-state index contributed by atoms with van der Waals surface area (Å²) in [5.74, 6) is 1.43. The van der Waals surface area contributed by atoms with Crippen molar-refractivity contribution in [3.63, 3.8) is 0 Å². The first kappa shape index (κ1) is 14.9. The molecule has 0 saturated heterocycles. The van der Waals surface area contributed by atoms with Crippen molar-refractivity contribution in [2.45, 2.75) is 18.3 Å². The summed E-state index contributed by atoms with van der Waals surface area (Å²) in [7, 11) is 3.25. The average Bonchev–Trinajstić information content (AvgIpc) is 3.20. The first-order valence-corrected chi connectivity index (χ1v) is 8.11. The monoisotopic (exact) mass is 317 g/mol. The number of carbonyl (C=O) groups is 1. The van der Waals surface area contributed by atoms with E-state index in [0.29, 0.717) is 17.2 Å². The lowest BCUT2D eigenvalue weighted by molar-refractivity contribution is 0.0951. The number of carbonyl (C=O) groups excluding carboxylic acids is 1. The molecule has 0 aliphatic heterocycles. The molecule has 3 rings (SSSR count). The molecule has 1 fully saturated rings. The largest absolute Gasteiger partial charge is 0.497 e. The van der Waals surface area contributed by atoms with Crippen LogP contribution in [0.25, 0.3) is 0 Å². The van der Waals surface area contributed by atoms with Gasteiger partial charge in [-0.3, -0.25) is 4.79 Å². The Morgan fingerprint density at radius 2 is 1.91 bits per heavy atom. The van der Waals surface area contributed by atoms with Crippen LogP contribution in [0.2, 0.25) is 0 Å². The van der Waals surface area contributed by atoms with Crippen molar-refractivity contribution in [3.8, 4) is 11.5 Å². The fourth-order valence-electron chi connectivity index (χ4n) is 2.62. The second-order valence-electron chi connectivity index (χ2n) is 5.51. The van der Waals surface area contributed by atoms with Gasteiger partial charge in [0.1, 0.15) is 16.4 Å². The van der Waals surface area contributed by atoms with Gasteiger partial charge in [0.2, 0.25) is 0 Å². The number of nitrogens with one attached hydrogen (secondary N) is 1. The summed E-state index contributed by atoms with van der Waals surface area (Å²) in [6.45, 7) is 0.652. The van der Waals surface area contributed by atoms with Gasteiger partial charge in [-0.1, -0.05) is 12.1 Å². The van der Waals surface area contributed by atoms with Gasteiger partial charge in [-0.15, -0.1) is 11.3 Å². The maximum atomic E-state index is 12.3. The first-order chi connectivity index (χ1) is 10.7. The van der Waals surface area contributed by atoms with E-state index in [1.165, 1.54) is 16.9 Å². The van der Waals surface area contributed by atoms with Crippen LogP contribution < -0.4 is 14.8 Å². The highest BCUT2D eigenvalue weighted by molar-refractivity contribution is 7.12. The summed E-state index contributed by atoms with van der Waals surface area (Å²) in [5, 5.41) is 4.92. The standard InChI is InChI=1S/C17H19NO3S/c1-20-13-5-3-12(4-6-13)17(8-9-17)11-18-16(19)15-14(21-2)7-10-22-15/h3-7,10H,8-9,11H2,1-2H3,(H,18,19). The Labute approximate surface area is 134 Å². The molecule has 4 nitrogen and oxygen atoms in total. The van der Waals surface area contributed by atoms with Crippen molar-refractivity contribution in [2.75, 3.05) is 20.8 Å². The van der Waals surface area contributed by atoms with Gasteiger partial charge in [-0.25, -0.2) is 0 Å². The third-order valence-corrected chi connectivity index (χ3v) is 5.09. The second-order valence-corrected chi connectivity index (χ2v) is 6.43. The zero-order chi connectivity index (χ0) is 15.6. The molecule has 1 aliphatic rings. The Hall–Kier alpha value is -2.01. The van der Waals surface area contributed by atoms with Crippen LogP contribution in [-0.4, -0.2) is 26.7 Å². The highest BCUT2D eigenvalue weighted by Crippen LogP contribution is 2.48. The maximum Gasteiger partial charge on any atom is 0.265 e. The van der Waals surface area contributed by atoms with Crippen LogP contribution in [0.1, 0.15) is 28.1 Å². The normalized spacial score (nSPS) is 15.2. The summed E-state index contributed by atoms with van der Waals surface area (Å²) in [6.07, 6.45) is 2.20. The van der Waals surface area contributed by atoms with Crippen LogP contribution in [0.5, 0.6) is 11.5 Å². The summed E-state index contributed by atoms with van der Waals surface area (Å²) in [5.41, 5.74) is 1.33. The lowest BCUT2D eigenvalue weighted by Gasteiger charge is -2.17. The lowest BCUT2D eigenvalue weighted by Crippen LogP contribution is -2.32. The molecule has 2 aromatic rings. The molecule has 0 spiro atoms. The molecule has 0 unspecified atom stereocenters. The number of methoxy groups -OCH3 is 2. The molecule has 116 valence electrons. The van der Waals surface area contributed by atoms with Crippen molar-refractivity contribution >= 4 is 17.2 Å². The van der Waals surface area contributed by atoms with Gasteiger partial charge in [0, 0.05) is 12.0 Å². The Balaban J connectivity index is 1.66. The molecule has 1 heterocycles. The summed E-state index contributed by atoms with van der Waals surface area (Å²) >= 11 is 1.40. The summed E-state index contributed by atoms with van der Waals surface area (Å²) < 4.78 is 10.4. The quantitative estimate of drug-likeness (QED) is 0.890. The van der Waals surface area contributed by atoms with Crippen LogP contribution in [0.4, 0.5) is 0 Å². The fraction of sp³-hybridized carbons (Fsp3) is 0.353. The molecule has 1 aliphatic carbocycles. The van der Waals surface area contributed by atoms with E-state index in [4.69, 9.17) is 9.47 Å². The van der Waals surface area contributed by atoms with Crippen molar-refractivity contribution in [3.05, 3.63) is 46.2 Å². The first-order valence-electron chi connectivity index (χ1n) is 7.23. The van der Waals surface area contributed by atoms with E-state index in [-0.39, 0.29) is 11.3 Å². The molecular weight excluding hydrogens is 298 g/mol. The molecule has 1 saturated carbocycles. The number of hydrogen-bond acceptors (Lipinski definition) is 4. The number of rotatable bonds is 6. The molecule has 22 heavy (non-hydrogen) atoms. The molecule has 1 aromatic heterocycles. The Bertz CT molecular complexity index is 659. The van der Waals surface area contributed by atoms with Crippen LogP contribution in [0.3, 0.4) is 0 Å². The van der Waals surface area contributed by atoms with Crippen LogP contribution in [0, 0.1) is 0 Å². The second kappa shape index (κ2) is 6.01. The minimum atomic E-state index is -0.0633. The predicted molar refractivity (Wildman–Crippen MR) is 87.1 cm³/mol. The van der Waals surface area contributed by atoms with Crippen molar-refractivity contribution in [2.24, 2.45) is 0 Å². The van der Waals surface area contributed by atoms with E-state index in [9.17, 15) is 4.79 Å². The van der Waals surface area contributed by atoms with Gasteiger partial charge in [-0.2, -0.15) is 0 Å². The molecule has 1 N–H and O–H groups in total. The number of benzene rings is 1. The van der Waals surface area contributed by atoms with E-state index >= 15 is 0 Å². The summed E-state index contributed by atoms with van der Waals surface area (Å²) in [6, 6.07) is 9.93. The molecule has 0 bridgehead atoms. The van der Waals surface area contributed by atoms with Gasteiger partial charge >= 0.3 is 0 Å². The van der Waals surface area contributed by atoms with Crippen molar-refractivity contribution < 1.29 is 14.3 Å². The van der Waals surface area contributed by atoms with Gasteiger partial charge in [0.05, 0.1) is 14.2 Å². The van der Waals surface area contributed by atoms with Crippen LogP contribution >= 0.6 is 11.3 Å².